The Morgan fingerprint density at radius 1 is 1.32 bits per heavy atom. The van der Waals surface area contributed by atoms with Crippen molar-refractivity contribution in [2.75, 3.05) is 20.3 Å². The highest BCUT2D eigenvalue weighted by Gasteiger charge is 2.25. The molecular weight excluding hydrogens is 276 g/mol. The molecule has 1 atom stereocenters. The maximum Gasteiger partial charge on any atom is 0.130 e. The van der Waals surface area contributed by atoms with Gasteiger partial charge in [-0.2, -0.15) is 5.10 Å². The Morgan fingerprint density at radius 3 is 2.86 bits per heavy atom. The fraction of sp³-hybridized carbons (Fsp3) is 0.611. The van der Waals surface area contributed by atoms with Crippen LogP contribution in [0.15, 0.2) is 18.3 Å². The standard InChI is InChI=1S/C18H26N2O2/c1-13(9-14-5-6-14)15-10-17-16(12-19-20(17)2)18(11-15)22-8-4-7-21-3/h10-14H,4-9H2,1-3H3. The minimum Gasteiger partial charge on any atom is -0.493 e. The molecule has 1 heterocycles. The van der Waals surface area contributed by atoms with Crippen molar-refractivity contribution in [2.24, 2.45) is 13.0 Å². The second kappa shape index (κ2) is 6.69. The van der Waals surface area contributed by atoms with Crippen molar-refractivity contribution in [1.82, 2.24) is 9.78 Å². The van der Waals surface area contributed by atoms with Crippen molar-refractivity contribution in [3.63, 3.8) is 0 Å². The summed E-state index contributed by atoms with van der Waals surface area (Å²) in [6.07, 6.45) is 6.89. The Kier molecular flexibility index (Phi) is 4.67. The lowest BCUT2D eigenvalue weighted by Crippen LogP contribution is -2.03. The van der Waals surface area contributed by atoms with E-state index in [1.165, 1.54) is 24.8 Å². The second-order valence-electron chi connectivity index (χ2n) is 6.49. The largest absolute Gasteiger partial charge is 0.493 e. The van der Waals surface area contributed by atoms with Crippen molar-refractivity contribution in [1.29, 1.82) is 0 Å². The van der Waals surface area contributed by atoms with Gasteiger partial charge < -0.3 is 9.47 Å². The second-order valence-corrected chi connectivity index (χ2v) is 6.49. The highest BCUT2D eigenvalue weighted by atomic mass is 16.5. The quantitative estimate of drug-likeness (QED) is 0.694. The number of methoxy groups -OCH3 is 1. The lowest BCUT2D eigenvalue weighted by Gasteiger charge is -2.15. The van der Waals surface area contributed by atoms with Crippen LogP contribution in [-0.4, -0.2) is 30.1 Å². The molecule has 4 nitrogen and oxygen atoms in total. The molecule has 1 unspecified atom stereocenters. The third-order valence-corrected chi connectivity index (χ3v) is 4.55. The number of rotatable bonds is 8. The van der Waals surface area contributed by atoms with E-state index in [-0.39, 0.29) is 0 Å². The minimum absolute atomic E-state index is 0.577. The zero-order valence-electron chi connectivity index (χ0n) is 13.8. The molecule has 1 aromatic carbocycles. The van der Waals surface area contributed by atoms with Gasteiger partial charge in [0.2, 0.25) is 0 Å². The molecule has 0 N–H and O–H groups in total. The van der Waals surface area contributed by atoms with Crippen LogP contribution in [0.4, 0.5) is 0 Å². The third-order valence-electron chi connectivity index (χ3n) is 4.55. The van der Waals surface area contributed by atoms with Gasteiger partial charge in [0.05, 0.1) is 23.7 Å². The van der Waals surface area contributed by atoms with Gasteiger partial charge in [-0.1, -0.05) is 19.8 Å². The van der Waals surface area contributed by atoms with Crippen LogP contribution in [0.5, 0.6) is 5.75 Å². The van der Waals surface area contributed by atoms with Crippen LogP contribution in [0.25, 0.3) is 10.9 Å². The molecule has 1 aromatic heterocycles. The van der Waals surface area contributed by atoms with E-state index in [0.29, 0.717) is 12.5 Å². The number of hydrogen-bond donors (Lipinski definition) is 0. The fourth-order valence-corrected chi connectivity index (χ4v) is 3.02. The number of aromatic nitrogens is 2. The van der Waals surface area contributed by atoms with Gasteiger partial charge in [-0.15, -0.1) is 0 Å². The third kappa shape index (κ3) is 3.43. The molecule has 1 fully saturated rings. The topological polar surface area (TPSA) is 36.3 Å². The summed E-state index contributed by atoms with van der Waals surface area (Å²) in [5.74, 6) is 2.47. The number of aryl methyl sites for hydroxylation is 1. The summed E-state index contributed by atoms with van der Waals surface area (Å²) in [6, 6.07) is 4.49. The minimum atomic E-state index is 0.577. The highest BCUT2D eigenvalue weighted by Crippen LogP contribution is 2.40. The van der Waals surface area contributed by atoms with Crippen molar-refractivity contribution < 1.29 is 9.47 Å². The van der Waals surface area contributed by atoms with Crippen molar-refractivity contribution in [3.8, 4) is 5.75 Å². The fourth-order valence-electron chi connectivity index (χ4n) is 3.02. The van der Waals surface area contributed by atoms with Crippen LogP contribution in [0, 0.1) is 5.92 Å². The van der Waals surface area contributed by atoms with Crippen molar-refractivity contribution in [2.45, 2.75) is 38.5 Å². The lowest BCUT2D eigenvalue weighted by molar-refractivity contribution is 0.172. The molecule has 0 amide bonds. The molecule has 2 aromatic rings. The van der Waals surface area contributed by atoms with Gasteiger partial charge in [-0.3, -0.25) is 4.68 Å². The van der Waals surface area contributed by atoms with Gasteiger partial charge in [0.25, 0.3) is 0 Å². The normalized spacial score (nSPS) is 16.1. The first-order valence-corrected chi connectivity index (χ1v) is 8.26. The summed E-state index contributed by atoms with van der Waals surface area (Å²) in [6.45, 7) is 3.73. The Morgan fingerprint density at radius 2 is 2.14 bits per heavy atom. The molecule has 120 valence electrons. The van der Waals surface area contributed by atoms with E-state index in [4.69, 9.17) is 9.47 Å². The zero-order valence-corrected chi connectivity index (χ0v) is 13.8. The smallest absolute Gasteiger partial charge is 0.130 e. The average Bonchev–Trinajstić information content (AvgIpc) is 3.25. The molecule has 0 bridgehead atoms. The van der Waals surface area contributed by atoms with Crippen molar-refractivity contribution >= 4 is 10.9 Å². The summed E-state index contributed by atoms with van der Waals surface area (Å²) in [5.41, 5.74) is 2.52. The van der Waals surface area contributed by atoms with Crippen LogP contribution >= 0.6 is 0 Å². The highest BCUT2D eigenvalue weighted by molar-refractivity contribution is 5.86. The van der Waals surface area contributed by atoms with Gasteiger partial charge in [0.1, 0.15) is 5.75 Å². The Balaban J connectivity index is 1.83. The van der Waals surface area contributed by atoms with Crippen LogP contribution in [0.1, 0.15) is 44.1 Å². The van der Waals surface area contributed by atoms with Gasteiger partial charge in [0, 0.05) is 27.2 Å². The van der Waals surface area contributed by atoms with Crippen LogP contribution in [0.2, 0.25) is 0 Å². The summed E-state index contributed by atoms with van der Waals surface area (Å²) in [7, 11) is 3.71. The zero-order chi connectivity index (χ0) is 15.5. The molecule has 0 saturated heterocycles. The summed E-state index contributed by atoms with van der Waals surface area (Å²) >= 11 is 0. The average molecular weight is 302 g/mol. The van der Waals surface area contributed by atoms with E-state index in [1.54, 1.807) is 7.11 Å². The SMILES string of the molecule is COCCCOc1cc(C(C)CC2CC2)cc2c1cnn2C. The predicted molar refractivity (Wildman–Crippen MR) is 88.5 cm³/mol. The van der Waals surface area contributed by atoms with E-state index in [9.17, 15) is 0 Å². The molecule has 0 radical (unpaired) electrons. The maximum absolute atomic E-state index is 6.01. The van der Waals surface area contributed by atoms with E-state index < -0.39 is 0 Å². The predicted octanol–water partition coefficient (Wildman–Crippen LogP) is 3.89. The summed E-state index contributed by atoms with van der Waals surface area (Å²) in [5, 5.41) is 5.49. The van der Waals surface area contributed by atoms with Crippen molar-refractivity contribution in [3.05, 3.63) is 23.9 Å². The Hall–Kier alpha value is -1.55. The first kappa shape index (κ1) is 15.3. The van der Waals surface area contributed by atoms with E-state index in [2.05, 4.69) is 24.2 Å². The lowest BCUT2D eigenvalue weighted by atomic mass is 9.94. The van der Waals surface area contributed by atoms with E-state index in [1.807, 2.05) is 17.9 Å². The monoisotopic (exact) mass is 302 g/mol. The molecule has 1 aliphatic rings. The van der Waals surface area contributed by atoms with Crippen LogP contribution in [-0.2, 0) is 11.8 Å². The van der Waals surface area contributed by atoms with Gasteiger partial charge in [-0.05, 0) is 36.0 Å². The first-order chi connectivity index (χ1) is 10.7. The number of fused-ring (bicyclic) bond motifs is 1. The molecule has 4 heteroatoms. The first-order valence-electron chi connectivity index (χ1n) is 8.26. The molecule has 22 heavy (non-hydrogen) atoms. The van der Waals surface area contributed by atoms with E-state index in [0.717, 1.165) is 35.6 Å². The molecule has 0 spiro atoms. The molecule has 0 aliphatic heterocycles. The Labute approximate surface area is 132 Å². The summed E-state index contributed by atoms with van der Waals surface area (Å²) in [4.78, 5) is 0. The summed E-state index contributed by atoms with van der Waals surface area (Å²) < 4.78 is 13.0. The number of benzene rings is 1. The molecular formula is C18H26N2O2. The van der Waals surface area contributed by atoms with Gasteiger partial charge in [0.15, 0.2) is 0 Å². The molecule has 1 aliphatic carbocycles. The van der Waals surface area contributed by atoms with Gasteiger partial charge >= 0.3 is 0 Å². The van der Waals surface area contributed by atoms with E-state index >= 15 is 0 Å². The van der Waals surface area contributed by atoms with Crippen LogP contribution in [0.3, 0.4) is 0 Å². The van der Waals surface area contributed by atoms with Gasteiger partial charge in [-0.25, -0.2) is 0 Å². The number of hydrogen-bond acceptors (Lipinski definition) is 3. The molecule has 1 saturated carbocycles. The molecule has 3 rings (SSSR count). The van der Waals surface area contributed by atoms with Crippen LogP contribution < -0.4 is 4.74 Å². The maximum atomic E-state index is 6.01. The number of ether oxygens (including phenoxy) is 2. The number of nitrogens with zero attached hydrogens (tertiary/aromatic N) is 2. The Bertz CT molecular complexity index is 631.